The van der Waals surface area contributed by atoms with Crippen molar-refractivity contribution < 1.29 is 9.90 Å². The summed E-state index contributed by atoms with van der Waals surface area (Å²) in [5.74, 6) is -0.231. The number of aromatic carboxylic acids is 1. The van der Waals surface area contributed by atoms with Crippen LogP contribution in [0.1, 0.15) is 29.4 Å². The molecule has 0 saturated carbocycles. The van der Waals surface area contributed by atoms with Crippen molar-refractivity contribution in [3.8, 4) is 0 Å². The molecule has 0 spiro atoms. The first-order valence-electron chi connectivity index (χ1n) is 6.28. The van der Waals surface area contributed by atoms with E-state index in [1.165, 1.54) is 0 Å². The normalized spacial score (nSPS) is 20.0. The summed E-state index contributed by atoms with van der Waals surface area (Å²) in [5.41, 5.74) is 1.11. The number of carboxylic acids is 1. The first kappa shape index (κ1) is 12.8. The third-order valence-electron chi connectivity index (χ3n) is 3.23. The van der Waals surface area contributed by atoms with Crippen LogP contribution in [-0.2, 0) is 6.42 Å². The van der Waals surface area contributed by atoms with E-state index >= 15 is 0 Å². The summed E-state index contributed by atoms with van der Waals surface area (Å²) in [6.45, 7) is 4.01. The second-order valence-electron chi connectivity index (χ2n) is 4.78. The van der Waals surface area contributed by atoms with E-state index in [0.29, 0.717) is 17.4 Å². The van der Waals surface area contributed by atoms with E-state index in [9.17, 15) is 4.79 Å². The van der Waals surface area contributed by atoms with Crippen LogP contribution >= 0.6 is 0 Å². The molecule has 2 heterocycles. The molecule has 0 bridgehead atoms. The van der Waals surface area contributed by atoms with Crippen LogP contribution in [-0.4, -0.2) is 47.1 Å². The zero-order valence-electron chi connectivity index (χ0n) is 10.8. The van der Waals surface area contributed by atoms with Gasteiger partial charge >= 0.3 is 5.97 Å². The summed E-state index contributed by atoms with van der Waals surface area (Å²) < 4.78 is 0. The SMILES string of the molecule is CCc1cc(C(=O)O)cc(NC2CCN(C)C2)n1. The van der Waals surface area contributed by atoms with Gasteiger partial charge in [-0.25, -0.2) is 9.78 Å². The van der Waals surface area contributed by atoms with Crippen LogP contribution in [0.3, 0.4) is 0 Å². The van der Waals surface area contributed by atoms with E-state index in [-0.39, 0.29) is 0 Å². The average Bonchev–Trinajstić information content (AvgIpc) is 2.74. The first-order valence-corrected chi connectivity index (χ1v) is 6.28. The number of rotatable bonds is 4. The number of carboxylic acid groups (broad SMARTS) is 1. The summed E-state index contributed by atoms with van der Waals surface area (Å²) >= 11 is 0. The highest BCUT2D eigenvalue weighted by molar-refractivity contribution is 5.88. The quantitative estimate of drug-likeness (QED) is 0.845. The monoisotopic (exact) mass is 249 g/mol. The number of hydrogen-bond donors (Lipinski definition) is 2. The molecule has 98 valence electrons. The number of likely N-dealkylation sites (N-methyl/N-ethyl adjacent to an activating group) is 1. The lowest BCUT2D eigenvalue weighted by atomic mass is 10.2. The molecule has 0 aliphatic carbocycles. The van der Waals surface area contributed by atoms with Gasteiger partial charge in [0.25, 0.3) is 0 Å². The standard InChI is InChI=1S/C13H19N3O2/c1-3-10-6-9(13(17)18)7-12(14-10)15-11-4-5-16(2)8-11/h6-7,11H,3-5,8H2,1-2H3,(H,14,15)(H,17,18). The van der Waals surface area contributed by atoms with Gasteiger partial charge in [-0.05, 0) is 38.6 Å². The molecule has 1 aromatic heterocycles. The number of aryl methyl sites for hydroxylation is 1. The molecule has 5 nitrogen and oxygen atoms in total. The number of likely N-dealkylation sites (tertiary alicyclic amines) is 1. The van der Waals surface area contributed by atoms with Crippen molar-refractivity contribution in [1.29, 1.82) is 0 Å². The predicted molar refractivity (Wildman–Crippen MR) is 70.1 cm³/mol. The number of anilines is 1. The van der Waals surface area contributed by atoms with Crippen LogP contribution in [0.2, 0.25) is 0 Å². The van der Waals surface area contributed by atoms with Gasteiger partial charge in [0.15, 0.2) is 0 Å². The van der Waals surface area contributed by atoms with Crippen LogP contribution < -0.4 is 5.32 Å². The highest BCUT2D eigenvalue weighted by Gasteiger charge is 2.20. The maximum atomic E-state index is 11.0. The molecule has 1 saturated heterocycles. The molecule has 1 fully saturated rings. The lowest BCUT2D eigenvalue weighted by Gasteiger charge is -2.14. The Kier molecular flexibility index (Phi) is 3.81. The fourth-order valence-electron chi connectivity index (χ4n) is 2.23. The van der Waals surface area contributed by atoms with Gasteiger partial charge < -0.3 is 15.3 Å². The Labute approximate surface area is 107 Å². The first-order chi connectivity index (χ1) is 8.58. The van der Waals surface area contributed by atoms with E-state index in [1.807, 2.05) is 6.92 Å². The van der Waals surface area contributed by atoms with E-state index in [1.54, 1.807) is 12.1 Å². The van der Waals surface area contributed by atoms with Crippen LogP contribution in [0.4, 0.5) is 5.82 Å². The Morgan fingerprint density at radius 2 is 2.39 bits per heavy atom. The molecular formula is C13H19N3O2. The van der Waals surface area contributed by atoms with E-state index in [4.69, 9.17) is 5.11 Å². The highest BCUT2D eigenvalue weighted by Crippen LogP contribution is 2.16. The zero-order chi connectivity index (χ0) is 13.1. The Balaban J connectivity index is 2.16. The number of nitrogens with one attached hydrogen (secondary N) is 1. The van der Waals surface area contributed by atoms with Crippen molar-refractivity contribution in [2.24, 2.45) is 0 Å². The molecule has 1 aliphatic heterocycles. The lowest BCUT2D eigenvalue weighted by molar-refractivity contribution is 0.0696. The highest BCUT2D eigenvalue weighted by atomic mass is 16.4. The third-order valence-corrected chi connectivity index (χ3v) is 3.23. The van der Waals surface area contributed by atoms with E-state index in [0.717, 1.165) is 31.6 Å². The van der Waals surface area contributed by atoms with Gasteiger partial charge in [-0.2, -0.15) is 0 Å². The van der Waals surface area contributed by atoms with Crippen molar-refractivity contribution in [1.82, 2.24) is 9.88 Å². The summed E-state index contributed by atoms with van der Waals surface area (Å²) in [6, 6.07) is 3.60. The van der Waals surface area contributed by atoms with E-state index < -0.39 is 5.97 Å². The molecular weight excluding hydrogens is 230 g/mol. The van der Waals surface area contributed by atoms with Crippen molar-refractivity contribution in [2.75, 3.05) is 25.5 Å². The second kappa shape index (κ2) is 5.35. The van der Waals surface area contributed by atoms with Crippen molar-refractivity contribution in [3.05, 3.63) is 23.4 Å². The van der Waals surface area contributed by atoms with Crippen LogP contribution in [0.15, 0.2) is 12.1 Å². The minimum absolute atomic E-state index is 0.302. The van der Waals surface area contributed by atoms with Gasteiger partial charge in [0, 0.05) is 18.3 Å². The maximum absolute atomic E-state index is 11.0. The number of pyridine rings is 1. The van der Waals surface area contributed by atoms with Gasteiger partial charge in [0.1, 0.15) is 5.82 Å². The number of nitrogens with zero attached hydrogens (tertiary/aromatic N) is 2. The fourth-order valence-corrected chi connectivity index (χ4v) is 2.23. The van der Waals surface area contributed by atoms with Gasteiger partial charge in [-0.3, -0.25) is 0 Å². The molecule has 0 radical (unpaired) electrons. The van der Waals surface area contributed by atoms with E-state index in [2.05, 4.69) is 22.2 Å². The average molecular weight is 249 g/mol. The van der Waals surface area contributed by atoms with Gasteiger partial charge in [0.05, 0.1) is 5.56 Å². The smallest absolute Gasteiger partial charge is 0.335 e. The molecule has 1 aliphatic rings. The molecule has 0 amide bonds. The van der Waals surface area contributed by atoms with Gasteiger partial charge in [-0.1, -0.05) is 6.92 Å². The van der Waals surface area contributed by atoms with Gasteiger partial charge in [0.2, 0.25) is 0 Å². The molecule has 2 rings (SSSR count). The maximum Gasteiger partial charge on any atom is 0.335 e. The Hall–Kier alpha value is -1.62. The Morgan fingerprint density at radius 1 is 1.61 bits per heavy atom. The van der Waals surface area contributed by atoms with Crippen molar-refractivity contribution >= 4 is 11.8 Å². The summed E-state index contributed by atoms with van der Waals surface area (Å²) in [5, 5.41) is 12.4. The molecule has 1 unspecified atom stereocenters. The van der Waals surface area contributed by atoms with Crippen LogP contribution in [0.25, 0.3) is 0 Å². The molecule has 18 heavy (non-hydrogen) atoms. The van der Waals surface area contributed by atoms with Gasteiger partial charge in [-0.15, -0.1) is 0 Å². The summed E-state index contributed by atoms with van der Waals surface area (Å²) in [7, 11) is 2.08. The van der Waals surface area contributed by atoms with Crippen molar-refractivity contribution in [3.63, 3.8) is 0 Å². The second-order valence-corrected chi connectivity index (χ2v) is 4.78. The molecule has 0 aromatic carbocycles. The molecule has 1 atom stereocenters. The van der Waals surface area contributed by atoms with Crippen LogP contribution in [0.5, 0.6) is 0 Å². The predicted octanol–water partition coefficient (Wildman–Crippen LogP) is 1.46. The summed E-state index contributed by atoms with van der Waals surface area (Å²) in [6.07, 6.45) is 1.80. The summed E-state index contributed by atoms with van der Waals surface area (Å²) in [4.78, 5) is 17.7. The number of carbonyl (C=O) groups is 1. The largest absolute Gasteiger partial charge is 0.478 e. The minimum Gasteiger partial charge on any atom is -0.478 e. The minimum atomic E-state index is -0.904. The van der Waals surface area contributed by atoms with Crippen molar-refractivity contribution in [2.45, 2.75) is 25.8 Å². The number of aromatic nitrogens is 1. The zero-order valence-corrected chi connectivity index (χ0v) is 10.8. The fraction of sp³-hybridized carbons (Fsp3) is 0.538. The lowest BCUT2D eigenvalue weighted by Crippen LogP contribution is -2.24. The number of hydrogen-bond acceptors (Lipinski definition) is 4. The van der Waals surface area contributed by atoms with Crippen LogP contribution in [0, 0.1) is 0 Å². The molecule has 1 aromatic rings. The topological polar surface area (TPSA) is 65.5 Å². The molecule has 2 N–H and O–H groups in total. The Morgan fingerprint density at radius 3 is 2.94 bits per heavy atom. The third kappa shape index (κ3) is 2.98. The Bertz CT molecular complexity index is 448. The molecule has 5 heteroatoms.